The first-order valence-corrected chi connectivity index (χ1v) is 6.87. The highest BCUT2D eigenvalue weighted by Crippen LogP contribution is 2.39. The molecule has 0 amide bonds. The number of nitrogens with two attached hydrogens (primary N) is 1. The summed E-state index contributed by atoms with van der Waals surface area (Å²) in [4.78, 5) is 0. The predicted molar refractivity (Wildman–Crippen MR) is 74.5 cm³/mol. The van der Waals surface area contributed by atoms with Gasteiger partial charge in [-0.3, -0.25) is 4.68 Å². The normalized spacial score (nSPS) is 19.2. The van der Waals surface area contributed by atoms with Crippen molar-refractivity contribution >= 4 is 10.9 Å². The van der Waals surface area contributed by atoms with Crippen LogP contribution in [0.5, 0.6) is 0 Å². The molecular weight excluding hydrogens is 222 g/mol. The molecule has 0 bridgehead atoms. The molecular formula is C15H21N3. The number of aromatic nitrogens is 2. The first-order valence-electron chi connectivity index (χ1n) is 6.87. The second kappa shape index (κ2) is 4.39. The van der Waals surface area contributed by atoms with E-state index in [2.05, 4.69) is 23.3 Å². The molecule has 1 aromatic heterocycles. The van der Waals surface area contributed by atoms with E-state index in [9.17, 15) is 0 Å². The Bertz CT molecular complexity index is 550. The zero-order valence-electron chi connectivity index (χ0n) is 11.0. The van der Waals surface area contributed by atoms with Crippen LogP contribution in [-0.4, -0.2) is 16.3 Å². The van der Waals surface area contributed by atoms with E-state index in [0.717, 1.165) is 6.54 Å². The van der Waals surface area contributed by atoms with E-state index < -0.39 is 0 Å². The average molecular weight is 243 g/mol. The van der Waals surface area contributed by atoms with Gasteiger partial charge in [-0.1, -0.05) is 25.3 Å². The fourth-order valence-corrected chi connectivity index (χ4v) is 3.33. The fraction of sp³-hybridized carbons (Fsp3) is 0.533. The minimum atomic E-state index is 0.211. The summed E-state index contributed by atoms with van der Waals surface area (Å²) in [6.07, 6.45) is 8.39. The summed E-state index contributed by atoms with van der Waals surface area (Å²) in [5.74, 6) is 0. The van der Waals surface area contributed by atoms with Crippen LogP contribution in [0, 0.1) is 0 Å². The second-order valence-corrected chi connectivity index (χ2v) is 5.59. The lowest BCUT2D eigenvalue weighted by atomic mass is 9.69. The Morgan fingerprint density at radius 3 is 2.78 bits per heavy atom. The van der Waals surface area contributed by atoms with Gasteiger partial charge in [0.1, 0.15) is 0 Å². The first-order chi connectivity index (χ1) is 8.75. The molecule has 1 saturated carbocycles. The lowest BCUT2D eigenvalue weighted by molar-refractivity contribution is 0.301. The van der Waals surface area contributed by atoms with Crippen LogP contribution in [0.15, 0.2) is 24.4 Å². The molecule has 0 spiro atoms. The van der Waals surface area contributed by atoms with Crippen molar-refractivity contribution in [2.45, 2.75) is 37.5 Å². The molecule has 3 rings (SSSR count). The molecule has 0 saturated heterocycles. The van der Waals surface area contributed by atoms with Gasteiger partial charge in [-0.2, -0.15) is 5.10 Å². The molecule has 1 aromatic carbocycles. The minimum absolute atomic E-state index is 0.211. The van der Waals surface area contributed by atoms with Gasteiger partial charge in [-0.05, 0) is 30.5 Å². The lowest BCUT2D eigenvalue weighted by Gasteiger charge is -2.36. The third kappa shape index (κ3) is 1.74. The zero-order chi connectivity index (χ0) is 12.6. The van der Waals surface area contributed by atoms with Gasteiger partial charge in [0.2, 0.25) is 0 Å². The number of hydrogen-bond donors (Lipinski definition) is 1. The number of hydrogen-bond acceptors (Lipinski definition) is 2. The third-order valence-corrected chi connectivity index (χ3v) is 4.56. The summed E-state index contributed by atoms with van der Waals surface area (Å²) >= 11 is 0. The maximum Gasteiger partial charge on any atom is 0.0679 e. The predicted octanol–water partition coefficient (Wildman–Crippen LogP) is 2.73. The van der Waals surface area contributed by atoms with Gasteiger partial charge in [0.25, 0.3) is 0 Å². The summed E-state index contributed by atoms with van der Waals surface area (Å²) in [6.45, 7) is 0.763. The molecule has 2 aromatic rings. The van der Waals surface area contributed by atoms with E-state index in [1.807, 2.05) is 17.9 Å². The van der Waals surface area contributed by atoms with E-state index in [1.165, 1.54) is 48.6 Å². The summed E-state index contributed by atoms with van der Waals surface area (Å²) in [5.41, 5.74) is 8.91. The number of nitrogens with zero attached hydrogens (tertiary/aromatic N) is 2. The van der Waals surface area contributed by atoms with Gasteiger partial charge in [-0.15, -0.1) is 0 Å². The Morgan fingerprint density at radius 2 is 2.06 bits per heavy atom. The van der Waals surface area contributed by atoms with Crippen molar-refractivity contribution in [3.8, 4) is 0 Å². The molecule has 3 nitrogen and oxygen atoms in total. The van der Waals surface area contributed by atoms with Crippen molar-refractivity contribution < 1.29 is 0 Å². The van der Waals surface area contributed by atoms with Crippen molar-refractivity contribution in [3.63, 3.8) is 0 Å². The molecule has 0 radical (unpaired) electrons. The van der Waals surface area contributed by atoms with Crippen LogP contribution in [0.3, 0.4) is 0 Å². The summed E-state index contributed by atoms with van der Waals surface area (Å²) in [7, 11) is 1.99. The molecule has 3 heteroatoms. The summed E-state index contributed by atoms with van der Waals surface area (Å²) < 4.78 is 1.93. The Labute approximate surface area is 108 Å². The van der Waals surface area contributed by atoms with Crippen LogP contribution in [-0.2, 0) is 12.5 Å². The number of aryl methyl sites for hydroxylation is 1. The Morgan fingerprint density at radius 1 is 1.28 bits per heavy atom. The summed E-state index contributed by atoms with van der Waals surface area (Å²) in [6, 6.07) is 6.73. The minimum Gasteiger partial charge on any atom is -0.330 e. The average Bonchev–Trinajstić information content (AvgIpc) is 2.81. The van der Waals surface area contributed by atoms with Crippen molar-refractivity contribution in [1.82, 2.24) is 9.78 Å². The van der Waals surface area contributed by atoms with E-state index in [0.29, 0.717) is 0 Å². The van der Waals surface area contributed by atoms with Crippen molar-refractivity contribution in [3.05, 3.63) is 30.0 Å². The largest absolute Gasteiger partial charge is 0.330 e. The van der Waals surface area contributed by atoms with Gasteiger partial charge in [-0.25, -0.2) is 0 Å². The van der Waals surface area contributed by atoms with Crippen LogP contribution in [0.4, 0.5) is 0 Å². The highest BCUT2D eigenvalue weighted by Gasteiger charge is 2.32. The van der Waals surface area contributed by atoms with Crippen LogP contribution < -0.4 is 5.73 Å². The number of benzene rings is 1. The lowest BCUT2D eigenvalue weighted by Crippen LogP contribution is -2.37. The van der Waals surface area contributed by atoms with Crippen molar-refractivity contribution in [2.24, 2.45) is 12.8 Å². The number of rotatable bonds is 2. The van der Waals surface area contributed by atoms with Gasteiger partial charge >= 0.3 is 0 Å². The molecule has 96 valence electrons. The van der Waals surface area contributed by atoms with Crippen LogP contribution >= 0.6 is 0 Å². The van der Waals surface area contributed by atoms with Crippen LogP contribution in [0.2, 0.25) is 0 Å². The van der Waals surface area contributed by atoms with Crippen LogP contribution in [0.1, 0.15) is 37.7 Å². The molecule has 0 atom stereocenters. The molecule has 0 aliphatic heterocycles. The van der Waals surface area contributed by atoms with Crippen LogP contribution in [0.25, 0.3) is 10.9 Å². The standard InChI is InChI=1S/C15H21N3/c1-18-14-6-5-13(9-12(14)10-17-18)15(11-16)7-3-2-4-8-15/h5-6,9-10H,2-4,7-8,11,16H2,1H3. The molecule has 1 aliphatic rings. The molecule has 1 heterocycles. The highest BCUT2D eigenvalue weighted by molar-refractivity contribution is 5.79. The monoisotopic (exact) mass is 243 g/mol. The molecule has 0 unspecified atom stereocenters. The van der Waals surface area contributed by atoms with Crippen molar-refractivity contribution in [1.29, 1.82) is 0 Å². The van der Waals surface area contributed by atoms with Gasteiger partial charge in [0, 0.05) is 24.4 Å². The first kappa shape index (κ1) is 11.7. The Hall–Kier alpha value is -1.35. The Kier molecular flexibility index (Phi) is 2.86. The Balaban J connectivity index is 2.06. The fourth-order valence-electron chi connectivity index (χ4n) is 3.33. The quantitative estimate of drug-likeness (QED) is 0.881. The smallest absolute Gasteiger partial charge is 0.0679 e. The third-order valence-electron chi connectivity index (χ3n) is 4.56. The zero-order valence-corrected chi connectivity index (χ0v) is 11.0. The van der Waals surface area contributed by atoms with E-state index in [-0.39, 0.29) is 5.41 Å². The van der Waals surface area contributed by atoms with Gasteiger partial charge < -0.3 is 5.73 Å². The molecule has 2 N–H and O–H groups in total. The maximum absolute atomic E-state index is 6.10. The molecule has 1 fully saturated rings. The molecule has 1 aliphatic carbocycles. The maximum atomic E-state index is 6.10. The second-order valence-electron chi connectivity index (χ2n) is 5.59. The van der Waals surface area contributed by atoms with Gasteiger partial charge in [0.05, 0.1) is 11.7 Å². The van der Waals surface area contributed by atoms with E-state index in [4.69, 9.17) is 5.73 Å². The van der Waals surface area contributed by atoms with E-state index in [1.54, 1.807) is 0 Å². The highest BCUT2D eigenvalue weighted by atomic mass is 15.2. The SMILES string of the molecule is Cn1ncc2cc(C3(CN)CCCCC3)ccc21. The van der Waals surface area contributed by atoms with E-state index >= 15 is 0 Å². The topological polar surface area (TPSA) is 43.8 Å². The van der Waals surface area contributed by atoms with Crippen molar-refractivity contribution in [2.75, 3.05) is 6.54 Å². The number of fused-ring (bicyclic) bond motifs is 1. The molecule has 18 heavy (non-hydrogen) atoms. The van der Waals surface area contributed by atoms with Gasteiger partial charge in [0.15, 0.2) is 0 Å². The summed E-state index contributed by atoms with van der Waals surface area (Å²) in [5, 5.41) is 5.55.